The molecule has 1 aromatic carbocycles. The van der Waals surface area contributed by atoms with Crippen molar-refractivity contribution in [2.45, 2.75) is 13.1 Å². The first-order chi connectivity index (χ1) is 11.9. The summed E-state index contributed by atoms with van der Waals surface area (Å²) in [6, 6.07) is 8.91. The Morgan fingerprint density at radius 3 is 2.80 bits per heavy atom. The van der Waals surface area contributed by atoms with Crippen molar-refractivity contribution in [1.82, 2.24) is 20.0 Å². The number of hydrogen-bond donors (Lipinski definition) is 2. The van der Waals surface area contributed by atoms with Crippen molar-refractivity contribution in [2.75, 3.05) is 6.26 Å². The number of thiazole rings is 1. The van der Waals surface area contributed by atoms with Crippen molar-refractivity contribution in [2.24, 2.45) is 0 Å². The van der Waals surface area contributed by atoms with Gasteiger partial charge in [0.2, 0.25) is 10.0 Å². The van der Waals surface area contributed by atoms with Gasteiger partial charge in [-0.25, -0.2) is 18.1 Å². The Balaban J connectivity index is 1.63. The van der Waals surface area contributed by atoms with Gasteiger partial charge in [-0.1, -0.05) is 0 Å². The smallest absolute Gasteiger partial charge is 0.251 e. The molecule has 0 aliphatic heterocycles. The minimum absolute atomic E-state index is 0.114. The van der Waals surface area contributed by atoms with E-state index in [0.29, 0.717) is 17.8 Å². The van der Waals surface area contributed by atoms with E-state index in [0.717, 1.165) is 22.0 Å². The Labute approximate surface area is 149 Å². The number of nitrogens with zero attached hydrogens (tertiary/aromatic N) is 2. The van der Waals surface area contributed by atoms with Gasteiger partial charge < -0.3 is 5.32 Å². The molecule has 3 aromatic rings. The molecule has 3 rings (SSSR count). The molecule has 0 fully saturated rings. The van der Waals surface area contributed by atoms with Crippen LogP contribution < -0.4 is 10.0 Å². The Hall–Kier alpha value is -2.36. The van der Waals surface area contributed by atoms with Crippen LogP contribution in [0.5, 0.6) is 0 Å². The Morgan fingerprint density at radius 2 is 2.00 bits per heavy atom. The normalized spacial score (nSPS) is 11.6. The van der Waals surface area contributed by atoms with E-state index in [1.54, 1.807) is 29.9 Å². The summed E-state index contributed by atoms with van der Waals surface area (Å²) in [5.74, 6) is -0.178. The number of carbonyl (C=O) groups excluding carboxylic acids is 1. The predicted octanol–water partition coefficient (Wildman–Crippen LogP) is 1.67. The van der Waals surface area contributed by atoms with Crippen molar-refractivity contribution in [3.05, 3.63) is 58.9 Å². The van der Waals surface area contributed by atoms with Gasteiger partial charge in [-0.05, 0) is 35.9 Å². The van der Waals surface area contributed by atoms with Gasteiger partial charge in [0.25, 0.3) is 5.91 Å². The molecule has 0 unspecified atom stereocenters. The third-order valence-electron chi connectivity index (χ3n) is 3.44. The number of benzene rings is 1. The van der Waals surface area contributed by atoms with Gasteiger partial charge in [-0.3, -0.25) is 9.78 Å². The summed E-state index contributed by atoms with van der Waals surface area (Å²) in [5, 5.41) is 2.85. The van der Waals surface area contributed by atoms with Gasteiger partial charge in [-0.15, -0.1) is 11.3 Å². The first kappa shape index (κ1) is 17.5. The van der Waals surface area contributed by atoms with Gasteiger partial charge in [0.05, 0.1) is 34.2 Å². The quantitative estimate of drug-likeness (QED) is 0.681. The van der Waals surface area contributed by atoms with E-state index in [-0.39, 0.29) is 12.5 Å². The number of nitrogens with one attached hydrogen (secondary N) is 2. The van der Waals surface area contributed by atoms with Crippen molar-refractivity contribution in [1.29, 1.82) is 0 Å². The largest absolute Gasteiger partial charge is 0.348 e. The van der Waals surface area contributed by atoms with Gasteiger partial charge in [0.1, 0.15) is 0 Å². The van der Waals surface area contributed by atoms with Crippen molar-refractivity contribution in [3.8, 4) is 0 Å². The summed E-state index contributed by atoms with van der Waals surface area (Å²) in [6.07, 6.45) is 2.68. The zero-order valence-electron chi connectivity index (χ0n) is 13.4. The van der Waals surface area contributed by atoms with Crippen LogP contribution >= 0.6 is 11.3 Å². The molecule has 0 aliphatic rings. The number of aromatic nitrogens is 2. The molecule has 25 heavy (non-hydrogen) atoms. The molecule has 0 aliphatic carbocycles. The maximum Gasteiger partial charge on any atom is 0.251 e. The number of carbonyl (C=O) groups is 1. The van der Waals surface area contributed by atoms with Gasteiger partial charge in [0, 0.05) is 18.3 Å². The third kappa shape index (κ3) is 4.81. The number of rotatable bonds is 6. The number of hydrogen-bond acceptors (Lipinski definition) is 6. The van der Waals surface area contributed by atoms with E-state index < -0.39 is 10.0 Å². The number of amides is 1. The van der Waals surface area contributed by atoms with Gasteiger partial charge in [-0.2, -0.15) is 0 Å². The SMILES string of the molecule is CS(=O)(=O)NCc1cc(CNC(=O)c2ccc3ncsc3c2)ccn1. The number of pyridine rings is 1. The van der Waals surface area contributed by atoms with Crippen LogP contribution in [0.2, 0.25) is 0 Å². The fraction of sp³-hybridized carbons (Fsp3) is 0.188. The fourth-order valence-corrected chi connectivity index (χ4v) is 3.35. The molecule has 1 amide bonds. The highest BCUT2D eigenvalue weighted by Gasteiger charge is 2.08. The Morgan fingerprint density at radius 1 is 1.16 bits per heavy atom. The molecule has 0 saturated heterocycles. The van der Waals surface area contributed by atoms with Crippen molar-refractivity contribution < 1.29 is 13.2 Å². The average Bonchev–Trinajstić information content (AvgIpc) is 3.05. The van der Waals surface area contributed by atoms with Crippen molar-refractivity contribution in [3.63, 3.8) is 0 Å². The second-order valence-electron chi connectivity index (χ2n) is 5.47. The lowest BCUT2D eigenvalue weighted by atomic mass is 10.2. The van der Waals surface area contributed by atoms with Crippen LogP contribution in [0.15, 0.2) is 42.0 Å². The van der Waals surface area contributed by atoms with E-state index in [4.69, 9.17) is 0 Å². The molecule has 2 aromatic heterocycles. The van der Waals surface area contributed by atoms with Crippen LogP contribution in [0.3, 0.4) is 0 Å². The van der Waals surface area contributed by atoms with E-state index in [1.807, 2.05) is 12.1 Å². The van der Waals surface area contributed by atoms with Crippen LogP contribution in [0, 0.1) is 0 Å². The molecular weight excluding hydrogens is 360 g/mol. The summed E-state index contributed by atoms with van der Waals surface area (Å²) < 4.78 is 25.6. The van der Waals surface area contributed by atoms with E-state index in [9.17, 15) is 13.2 Å². The summed E-state index contributed by atoms with van der Waals surface area (Å²) in [6.45, 7) is 0.441. The Kier molecular flexibility index (Phi) is 5.07. The molecule has 7 nitrogen and oxygen atoms in total. The molecule has 130 valence electrons. The summed E-state index contributed by atoms with van der Waals surface area (Å²) >= 11 is 1.49. The monoisotopic (exact) mass is 376 g/mol. The highest BCUT2D eigenvalue weighted by Crippen LogP contribution is 2.19. The Bertz CT molecular complexity index is 1010. The minimum atomic E-state index is -3.27. The maximum absolute atomic E-state index is 12.3. The van der Waals surface area contributed by atoms with Crippen molar-refractivity contribution >= 4 is 37.5 Å². The van der Waals surface area contributed by atoms with E-state index >= 15 is 0 Å². The summed E-state index contributed by atoms with van der Waals surface area (Å²) in [7, 11) is -3.27. The van der Waals surface area contributed by atoms with Crippen LogP contribution in [-0.4, -0.2) is 30.5 Å². The molecule has 0 bridgehead atoms. The molecule has 2 heterocycles. The minimum Gasteiger partial charge on any atom is -0.348 e. The van der Waals surface area contributed by atoms with E-state index in [1.165, 1.54) is 11.3 Å². The summed E-state index contributed by atoms with van der Waals surface area (Å²) in [5.41, 5.74) is 4.62. The topological polar surface area (TPSA) is 101 Å². The predicted molar refractivity (Wildman–Crippen MR) is 96.7 cm³/mol. The van der Waals surface area contributed by atoms with Crippen LogP contribution in [-0.2, 0) is 23.1 Å². The molecule has 2 N–H and O–H groups in total. The molecule has 9 heteroatoms. The lowest BCUT2D eigenvalue weighted by Gasteiger charge is -2.07. The highest BCUT2D eigenvalue weighted by atomic mass is 32.2. The third-order valence-corrected chi connectivity index (χ3v) is 4.90. The van der Waals surface area contributed by atoms with E-state index in [2.05, 4.69) is 20.0 Å². The maximum atomic E-state index is 12.3. The molecule has 0 atom stereocenters. The van der Waals surface area contributed by atoms with Crippen LogP contribution in [0.1, 0.15) is 21.6 Å². The van der Waals surface area contributed by atoms with Gasteiger partial charge >= 0.3 is 0 Å². The standard InChI is InChI=1S/C16H16N4O3S2/c1-25(22,23)20-9-13-6-11(4-5-17-13)8-18-16(21)12-2-3-14-15(7-12)24-10-19-14/h2-7,10,20H,8-9H2,1H3,(H,18,21). The first-order valence-electron chi connectivity index (χ1n) is 7.40. The molecular formula is C16H16N4O3S2. The second kappa shape index (κ2) is 7.26. The molecule has 0 spiro atoms. The van der Waals surface area contributed by atoms with Gasteiger partial charge in [0.15, 0.2) is 0 Å². The highest BCUT2D eigenvalue weighted by molar-refractivity contribution is 7.88. The lowest BCUT2D eigenvalue weighted by molar-refractivity contribution is 0.0951. The zero-order chi connectivity index (χ0) is 17.9. The molecule has 0 radical (unpaired) electrons. The van der Waals surface area contributed by atoms with Crippen LogP contribution in [0.4, 0.5) is 0 Å². The zero-order valence-corrected chi connectivity index (χ0v) is 15.0. The number of fused-ring (bicyclic) bond motifs is 1. The second-order valence-corrected chi connectivity index (χ2v) is 8.19. The average molecular weight is 376 g/mol. The fourth-order valence-electron chi connectivity index (χ4n) is 2.22. The molecule has 0 saturated carbocycles. The number of sulfonamides is 1. The summed E-state index contributed by atoms with van der Waals surface area (Å²) in [4.78, 5) is 20.6. The van der Waals surface area contributed by atoms with Crippen LogP contribution in [0.25, 0.3) is 10.2 Å². The first-order valence-corrected chi connectivity index (χ1v) is 10.2. The lowest BCUT2D eigenvalue weighted by Crippen LogP contribution is -2.24.